The summed E-state index contributed by atoms with van der Waals surface area (Å²) in [4.78, 5) is 11.9. The number of carbonyl (C=O) groups excluding carboxylic acids is 1. The van der Waals surface area contributed by atoms with Crippen molar-refractivity contribution in [2.75, 3.05) is 12.5 Å². The van der Waals surface area contributed by atoms with Crippen molar-refractivity contribution in [3.8, 4) is 17.0 Å². The molecule has 0 unspecified atom stereocenters. The zero-order valence-corrected chi connectivity index (χ0v) is 13.4. The Morgan fingerprint density at radius 3 is 2.28 bits per heavy atom. The Labute approximate surface area is 143 Å². The lowest BCUT2D eigenvalue weighted by atomic mass is 10.1. The van der Waals surface area contributed by atoms with Gasteiger partial charge in [0.2, 0.25) is 0 Å². The van der Waals surface area contributed by atoms with Crippen LogP contribution in [-0.2, 0) is 0 Å². The number of hydrogen-bond acceptors (Lipinski definition) is 5. The van der Waals surface area contributed by atoms with Gasteiger partial charge in [0.15, 0.2) is 5.82 Å². The predicted molar refractivity (Wildman–Crippen MR) is 91.5 cm³/mol. The average Bonchev–Trinajstić information content (AvgIpc) is 2.67. The van der Waals surface area contributed by atoms with Gasteiger partial charge in [0.25, 0.3) is 5.91 Å². The molecule has 7 heteroatoms. The van der Waals surface area contributed by atoms with Crippen LogP contribution in [0.25, 0.3) is 11.3 Å². The van der Waals surface area contributed by atoms with Crippen LogP contribution in [-0.4, -0.2) is 23.2 Å². The number of hydrazine groups is 1. The van der Waals surface area contributed by atoms with E-state index >= 15 is 0 Å². The normalized spacial score (nSPS) is 10.2. The molecular formula is C18H15FN4O2. The van der Waals surface area contributed by atoms with Crippen LogP contribution in [0.4, 0.5) is 10.2 Å². The molecule has 1 aromatic heterocycles. The maximum Gasteiger partial charge on any atom is 0.269 e. The van der Waals surface area contributed by atoms with Gasteiger partial charge in [0.05, 0.1) is 12.8 Å². The SMILES string of the molecule is COc1ccc(-c2ccc(NNC(=O)c3ccc(F)cc3)nn2)cc1. The molecule has 0 fully saturated rings. The van der Waals surface area contributed by atoms with E-state index in [2.05, 4.69) is 21.0 Å². The molecule has 1 heterocycles. The molecule has 3 aromatic rings. The number of carbonyl (C=O) groups is 1. The minimum atomic E-state index is -0.402. The Balaban J connectivity index is 1.62. The first-order valence-electron chi connectivity index (χ1n) is 7.46. The Bertz CT molecular complexity index is 850. The van der Waals surface area contributed by atoms with Gasteiger partial charge in [0.1, 0.15) is 11.6 Å². The highest BCUT2D eigenvalue weighted by Crippen LogP contribution is 2.20. The number of halogens is 1. The third-order valence-corrected chi connectivity index (χ3v) is 3.46. The molecule has 0 radical (unpaired) electrons. The summed E-state index contributed by atoms with van der Waals surface area (Å²) in [7, 11) is 1.61. The maximum absolute atomic E-state index is 12.8. The quantitative estimate of drug-likeness (QED) is 0.699. The van der Waals surface area contributed by atoms with Gasteiger partial charge in [-0.15, -0.1) is 10.2 Å². The van der Waals surface area contributed by atoms with Gasteiger partial charge >= 0.3 is 0 Å². The number of amides is 1. The highest BCUT2D eigenvalue weighted by Gasteiger charge is 2.06. The fourth-order valence-electron chi connectivity index (χ4n) is 2.11. The highest BCUT2D eigenvalue weighted by molar-refractivity contribution is 5.94. The fraction of sp³-hybridized carbons (Fsp3) is 0.0556. The van der Waals surface area contributed by atoms with Crippen molar-refractivity contribution in [1.29, 1.82) is 0 Å². The summed E-state index contributed by atoms with van der Waals surface area (Å²) in [6, 6.07) is 16.1. The second kappa shape index (κ2) is 7.39. The summed E-state index contributed by atoms with van der Waals surface area (Å²) < 4.78 is 18.0. The van der Waals surface area contributed by atoms with E-state index in [1.54, 1.807) is 19.2 Å². The van der Waals surface area contributed by atoms with Gasteiger partial charge in [-0.05, 0) is 60.7 Å². The molecule has 126 valence electrons. The van der Waals surface area contributed by atoms with E-state index in [-0.39, 0.29) is 0 Å². The summed E-state index contributed by atoms with van der Waals surface area (Å²) in [5, 5.41) is 8.12. The van der Waals surface area contributed by atoms with E-state index in [0.717, 1.165) is 11.3 Å². The Morgan fingerprint density at radius 2 is 1.68 bits per heavy atom. The topological polar surface area (TPSA) is 76.1 Å². The summed E-state index contributed by atoms with van der Waals surface area (Å²) in [6.45, 7) is 0. The van der Waals surface area contributed by atoms with E-state index in [0.29, 0.717) is 17.1 Å². The zero-order valence-electron chi connectivity index (χ0n) is 13.4. The lowest BCUT2D eigenvalue weighted by Gasteiger charge is -2.08. The monoisotopic (exact) mass is 338 g/mol. The molecule has 0 bridgehead atoms. The number of anilines is 1. The highest BCUT2D eigenvalue weighted by atomic mass is 19.1. The number of hydrogen-bond donors (Lipinski definition) is 2. The second-order valence-electron chi connectivity index (χ2n) is 5.12. The molecule has 0 saturated carbocycles. The summed E-state index contributed by atoms with van der Waals surface area (Å²) in [5.41, 5.74) is 7.07. The molecule has 0 atom stereocenters. The number of rotatable bonds is 5. The Morgan fingerprint density at radius 1 is 0.960 bits per heavy atom. The summed E-state index contributed by atoms with van der Waals surface area (Å²) >= 11 is 0. The lowest BCUT2D eigenvalue weighted by Crippen LogP contribution is -2.29. The molecule has 0 saturated heterocycles. The molecule has 3 rings (SSSR count). The molecule has 0 aliphatic rings. The van der Waals surface area contributed by atoms with Crippen molar-refractivity contribution in [3.05, 3.63) is 72.0 Å². The summed E-state index contributed by atoms with van der Waals surface area (Å²) in [5.74, 6) is 0.344. The molecule has 0 aliphatic heterocycles. The van der Waals surface area contributed by atoms with E-state index in [1.165, 1.54) is 24.3 Å². The number of aromatic nitrogens is 2. The van der Waals surface area contributed by atoms with Crippen molar-refractivity contribution in [3.63, 3.8) is 0 Å². The van der Waals surface area contributed by atoms with E-state index in [9.17, 15) is 9.18 Å². The third kappa shape index (κ3) is 4.08. The molecular weight excluding hydrogens is 323 g/mol. The van der Waals surface area contributed by atoms with Crippen molar-refractivity contribution in [2.45, 2.75) is 0 Å². The zero-order chi connectivity index (χ0) is 17.6. The standard InChI is InChI=1S/C18H15FN4O2/c1-25-15-8-4-12(5-9-15)16-10-11-17(21-20-16)22-23-18(24)13-2-6-14(19)7-3-13/h2-11H,1H3,(H,21,22)(H,23,24). The second-order valence-corrected chi connectivity index (χ2v) is 5.12. The molecule has 0 aliphatic carbocycles. The van der Waals surface area contributed by atoms with Gasteiger partial charge in [-0.2, -0.15) is 0 Å². The van der Waals surface area contributed by atoms with E-state index in [4.69, 9.17) is 4.74 Å². The first kappa shape index (κ1) is 16.4. The van der Waals surface area contributed by atoms with Gasteiger partial charge in [-0.1, -0.05) is 0 Å². The van der Waals surface area contributed by atoms with Crippen molar-refractivity contribution < 1.29 is 13.9 Å². The van der Waals surface area contributed by atoms with Gasteiger partial charge in [0, 0.05) is 11.1 Å². The number of nitrogens with one attached hydrogen (secondary N) is 2. The molecule has 2 N–H and O–H groups in total. The predicted octanol–water partition coefficient (Wildman–Crippen LogP) is 3.05. The maximum atomic E-state index is 12.8. The largest absolute Gasteiger partial charge is 0.497 e. The van der Waals surface area contributed by atoms with Crippen molar-refractivity contribution in [1.82, 2.24) is 15.6 Å². The van der Waals surface area contributed by atoms with Crippen LogP contribution in [0, 0.1) is 5.82 Å². The summed E-state index contributed by atoms with van der Waals surface area (Å²) in [6.07, 6.45) is 0. The van der Waals surface area contributed by atoms with Crippen LogP contribution < -0.4 is 15.6 Å². The number of methoxy groups -OCH3 is 1. The average molecular weight is 338 g/mol. The third-order valence-electron chi connectivity index (χ3n) is 3.46. The molecule has 0 spiro atoms. The van der Waals surface area contributed by atoms with Crippen LogP contribution >= 0.6 is 0 Å². The van der Waals surface area contributed by atoms with Crippen LogP contribution in [0.2, 0.25) is 0 Å². The molecule has 2 aromatic carbocycles. The minimum absolute atomic E-state index is 0.330. The van der Waals surface area contributed by atoms with Crippen molar-refractivity contribution >= 4 is 11.7 Å². The fourth-order valence-corrected chi connectivity index (χ4v) is 2.11. The lowest BCUT2D eigenvalue weighted by molar-refractivity contribution is 0.0962. The molecule has 1 amide bonds. The van der Waals surface area contributed by atoms with Crippen LogP contribution in [0.3, 0.4) is 0 Å². The first-order chi connectivity index (χ1) is 12.2. The van der Waals surface area contributed by atoms with Crippen LogP contribution in [0.15, 0.2) is 60.7 Å². The van der Waals surface area contributed by atoms with Gasteiger partial charge < -0.3 is 4.74 Å². The molecule has 25 heavy (non-hydrogen) atoms. The molecule has 6 nitrogen and oxygen atoms in total. The minimum Gasteiger partial charge on any atom is -0.497 e. The number of ether oxygens (including phenoxy) is 1. The van der Waals surface area contributed by atoms with E-state index < -0.39 is 11.7 Å². The number of nitrogens with zero attached hydrogens (tertiary/aromatic N) is 2. The van der Waals surface area contributed by atoms with Crippen LogP contribution in [0.5, 0.6) is 5.75 Å². The van der Waals surface area contributed by atoms with Gasteiger partial charge in [-0.25, -0.2) is 4.39 Å². The van der Waals surface area contributed by atoms with E-state index in [1.807, 2.05) is 24.3 Å². The van der Waals surface area contributed by atoms with Crippen LogP contribution in [0.1, 0.15) is 10.4 Å². The first-order valence-corrected chi connectivity index (χ1v) is 7.46. The smallest absolute Gasteiger partial charge is 0.269 e. The van der Waals surface area contributed by atoms with Gasteiger partial charge in [-0.3, -0.25) is 15.6 Å². The number of benzene rings is 2. The Hall–Kier alpha value is -3.48. The van der Waals surface area contributed by atoms with Crippen molar-refractivity contribution in [2.24, 2.45) is 0 Å². The Kier molecular flexibility index (Phi) is 4.84.